The van der Waals surface area contributed by atoms with E-state index in [1.807, 2.05) is 24.3 Å². The van der Waals surface area contributed by atoms with Gasteiger partial charge in [0.1, 0.15) is 12.4 Å². The topological polar surface area (TPSA) is 14.2 Å². The van der Waals surface area contributed by atoms with Crippen molar-refractivity contribution >= 4 is 22.5 Å². The summed E-state index contributed by atoms with van der Waals surface area (Å²) in [6.45, 7) is 6.93. The van der Waals surface area contributed by atoms with Crippen LogP contribution >= 0.6 is 11.6 Å². The van der Waals surface area contributed by atoms with Crippen molar-refractivity contribution in [1.29, 1.82) is 0 Å². The Morgan fingerprint density at radius 2 is 1.82 bits per heavy atom. The molecule has 22 heavy (non-hydrogen) atoms. The van der Waals surface area contributed by atoms with Crippen molar-refractivity contribution in [3.05, 3.63) is 64.8 Å². The fourth-order valence-electron chi connectivity index (χ4n) is 2.66. The summed E-state index contributed by atoms with van der Waals surface area (Å²) in [4.78, 5) is 0. The first kappa shape index (κ1) is 15.0. The molecule has 0 atom stereocenters. The highest BCUT2D eigenvalue weighted by molar-refractivity contribution is 6.35. The smallest absolute Gasteiger partial charge is 0.119 e. The fraction of sp³-hybridized carbons (Fsp3) is 0.263. The molecule has 0 bridgehead atoms. The Morgan fingerprint density at radius 1 is 1.09 bits per heavy atom. The molecule has 114 valence electrons. The zero-order valence-electron chi connectivity index (χ0n) is 13.1. The second-order valence-electron chi connectivity index (χ2n) is 5.89. The summed E-state index contributed by atoms with van der Waals surface area (Å²) >= 11 is 6.39. The maximum absolute atomic E-state index is 6.39. The van der Waals surface area contributed by atoms with Gasteiger partial charge < -0.3 is 9.30 Å². The first-order valence-electron chi connectivity index (χ1n) is 7.53. The maximum Gasteiger partial charge on any atom is 0.119 e. The number of halogens is 1. The normalized spacial score (nSPS) is 11.3. The van der Waals surface area contributed by atoms with Gasteiger partial charge in [-0.05, 0) is 39.0 Å². The summed E-state index contributed by atoms with van der Waals surface area (Å²) in [5, 5.41) is 1.95. The predicted molar refractivity (Wildman–Crippen MR) is 92.8 cm³/mol. The van der Waals surface area contributed by atoms with Gasteiger partial charge in [0, 0.05) is 23.2 Å². The Bertz CT molecular complexity index is 787. The van der Waals surface area contributed by atoms with E-state index in [4.69, 9.17) is 16.3 Å². The van der Waals surface area contributed by atoms with Crippen LogP contribution in [0.2, 0.25) is 5.02 Å². The molecule has 2 aromatic carbocycles. The van der Waals surface area contributed by atoms with E-state index in [0.29, 0.717) is 12.6 Å². The summed E-state index contributed by atoms with van der Waals surface area (Å²) in [6, 6.07) is 14.5. The third kappa shape index (κ3) is 2.84. The van der Waals surface area contributed by atoms with Crippen LogP contribution < -0.4 is 4.74 Å². The zero-order valence-corrected chi connectivity index (χ0v) is 13.9. The SMILES string of the molecule is Cc1ccc(OCc2cn(C(C)C)c3c(Cl)cccc23)cc1. The largest absolute Gasteiger partial charge is 0.489 e. The van der Waals surface area contributed by atoms with Gasteiger partial charge in [0.05, 0.1) is 10.5 Å². The molecular weight excluding hydrogens is 294 g/mol. The van der Waals surface area contributed by atoms with Crippen LogP contribution in [-0.2, 0) is 6.61 Å². The monoisotopic (exact) mass is 313 g/mol. The Labute approximate surface area is 136 Å². The van der Waals surface area contributed by atoms with E-state index in [9.17, 15) is 0 Å². The molecule has 3 heteroatoms. The molecule has 0 saturated heterocycles. The molecular formula is C19H20ClNO. The van der Waals surface area contributed by atoms with Crippen LogP contribution in [0.3, 0.4) is 0 Å². The highest BCUT2D eigenvalue weighted by Gasteiger charge is 2.13. The number of benzene rings is 2. The van der Waals surface area contributed by atoms with Crippen LogP contribution in [0.4, 0.5) is 0 Å². The molecule has 1 heterocycles. The number of fused-ring (bicyclic) bond motifs is 1. The third-order valence-electron chi connectivity index (χ3n) is 3.86. The van der Waals surface area contributed by atoms with E-state index < -0.39 is 0 Å². The molecule has 0 amide bonds. The van der Waals surface area contributed by atoms with Gasteiger partial charge in [-0.15, -0.1) is 0 Å². The van der Waals surface area contributed by atoms with Crippen molar-refractivity contribution in [2.75, 3.05) is 0 Å². The standard InChI is InChI=1S/C19H20ClNO/c1-13(2)21-11-15(17-5-4-6-18(20)19(17)21)12-22-16-9-7-14(3)8-10-16/h4-11,13H,12H2,1-3H3. The van der Waals surface area contributed by atoms with Gasteiger partial charge >= 0.3 is 0 Å². The molecule has 0 aliphatic carbocycles. The lowest BCUT2D eigenvalue weighted by Crippen LogP contribution is -1.99. The summed E-state index contributed by atoms with van der Waals surface area (Å²) in [5.41, 5.74) is 3.48. The van der Waals surface area contributed by atoms with Crippen molar-refractivity contribution < 1.29 is 4.74 Å². The number of ether oxygens (including phenoxy) is 1. The zero-order chi connectivity index (χ0) is 15.7. The lowest BCUT2D eigenvalue weighted by Gasteiger charge is -2.09. The summed E-state index contributed by atoms with van der Waals surface area (Å²) in [6.07, 6.45) is 2.15. The minimum absolute atomic E-state index is 0.357. The highest BCUT2D eigenvalue weighted by Crippen LogP contribution is 2.31. The van der Waals surface area contributed by atoms with Crippen molar-refractivity contribution in [3.63, 3.8) is 0 Å². The number of rotatable bonds is 4. The molecule has 0 spiro atoms. The molecule has 2 nitrogen and oxygen atoms in total. The molecule has 0 radical (unpaired) electrons. The molecule has 0 saturated carbocycles. The first-order valence-corrected chi connectivity index (χ1v) is 7.91. The van der Waals surface area contributed by atoms with Crippen molar-refractivity contribution in [2.24, 2.45) is 0 Å². The number of para-hydroxylation sites is 1. The Kier molecular flexibility index (Phi) is 4.12. The van der Waals surface area contributed by atoms with Crippen LogP contribution in [0.1, 0.15) is 31.0 Å². The lowest BCUT2D eigenvalue weighted by atomic mass is 10.2. The molecule has 0 aliphatic heterocycles. The van der Waals surface area contributed by atoms with E-state index >= 15 is 0 Å². The number of nitrogens with zero attached hydrogens (tertiary/aromatic N) is 1. The number of hydrogen-bond acceptors (Lipinski definition) is 1. The van der Waals surface area contributed by atoms with Crippen molar-refractivity contribution in [3.8, 4) is 5.75 Å². The molecule has 0 unspecified atom stereocenters. The molecule has 1 aromatic heterocycles. The fourth-order valence-corrected chi connectivity index (χ4v) is 2.93. The minimum atomic E-state index is 0.357. The third-order valence-corrected chi connectivity index (χ3v) is 4.16. The minimum Gasteiger partial charge on any atom is -0.489 e. The van der Waals surface area contributed by atoms with Crippen LogP contribution in [0.15, 0.2) is 48.7 Å². The van der Waals surface area contributed by atoms with E-state index in [0.717, 1.165) is 27.2 Å². The lowest BCUT2D eigenvalue weighted by molar-refractivity contribution is 0.307. The van der Waals surface area contributed by atoms with E-state index in [1.54, 1.807) is 0 Å². The summed E-state index contributed by atoms with van der Waals surface area (Å²) < 4.78 is 8.15. The maximum atomic E-state index is 6.39. The van der Waals surface area contributed by atoms with Gasteiger partial charge in [0.25, 0.3) is 0 Å². The molecule has 3 rings (SSSR count). The van der Waals surface area contributed by atoms with Gasteiger partial charge in [0.2, 0.25) is 0 Å². The predicted octanol–water partition coefficient (Wildman–Crippen LogP) is 5.76. The summed E-state index contributed by atoms with van der Waals surface area (Å²) in [5.74, 6) is 0.887. The Morgan fingerprint density at radius 3 is 2.50 bits per heavy atom. The first-order chi connectivity index (χ1) is 10.6. The quantitative estimate of drug-likeness (QED) is 0.597. The molecule has 0 fully saturated rings. The van der Waals surface area contributed by atoms with Gasteiger partial charge in [-0.25, -0.2) is 0 Å². The van der Waals surface area contributed by atoms with Gasteiger partial charge in [-0.2, -0.15) is 0 Å². The number of aryl methyl sites for hydroxylation is 1. The van der Waals surface area contributed by atoms with Gasteiger partial charge in [-0.3, -0.25) is 0 Å². The molecule has 0 aliphatic rings. The number of hydrogen-bond donors (Lipinski definition) is 0. The van der Waals surface area contributed by atoms with Crippen LogP contribution in [-0.4, -0.2) is 4.57 Å². The van der Waals surface area contributed by atoms with E-state index in [-0.39, 0.29) is 0 Å². The Hall–Kier alpha value is -1.93. The average Bonchev–Trinajstić information content (AvgIpc) is 2.87. The number of aromatic nitrogens is 1. The average molecular weight is 314 g/mol. The molecule has 0 N–H and O–H groups in total. The van der Waals surface area contributed by atoms with E-state index in [2.05, 4.69) is 49.7 Å². The summed E-state index contributed by atoms with van der Waals surface area (Å²) in [7, 11) is 0. The van der Waals surface area contributed by atoms with Gasteiger partial charge in [0.15, 0.2) is 0 Å². The van der Waals surface area contributed by atoms with Crippen LogP contribution in [0, 0.1) is 6.92 Å². The second kappa shape index (κ2) is 6.05. The van der Waals surface area contributed by atoms with Gasteiger partial charge in [-0.1, -0.05) is 41.4 Å². The van der Waals surface area contributed by atoms with Crippen LogP contribution in [0.25, 0.3) is 10.9 Å². The van der Waals surface area contributed by atoms with Crippen LogP contribution in [0.5, 0.6) is 5.75 Å². The second-order valence-corrected chi connectivity index (χ2v) is 6.30. The van der Waals surface area contributed by atoms with Crippen molar-refractivity contribution in [2.45, 2.75) is 33.4 Å². The Balaban J connectivity index is 1.94. The van der Waals surface area contributed by atoms with E-state index in [1.165, 1.54) is 5.56 Å². The molecule has 3 aromatic rings. The highest BCUT2D eigenvalue weighted by atomic mass is 35.5. The van der Waals surface area contributed by atoms with Crippen molar-refractivity contribution in [1.82, 2.24) is 4.57 Å².